The lowest BCUT2D eigenvalue weighted by Crippen LogP contribution is -2.38. The molecule has 1 rings (SSSR count). The minimum Gasteiger partial charge on any atom is -0.381 e. The Hall–Kier alpha value is -0.610. The third-order valence-electron chi connectivity index (χ3n) is 1.96. The summed E-state index contributed by atoms with van der Waals surface area (Å²) < 4.78 is 4.97. The third-order valence-corrected chi connectivity index (χ3v) is 1.96. The van der Waals surface area contributed by atoms with Crippen LogP contribution in [0.3, 0.4) is 0 Å². The average molecular weight is 158 g/mol. The molecule has 0 radical (unpaired) electrons. The van der Waals surface area contributed by atoms with Crippen LogP contribution in [-0.2, 0) is 9.53 Å². The number of hydrogen-bond donors (Lipinski definition) is 2. The van der Waals surface area contributed by atoms with E-state index in [1.807, 2.05) is 0 Å². The Bertz CT molecular complexity index is 145. The lowest BCUT2D eigenvalue weighted by Gasteiger charge is -2.26. The fourth-order valence-electron chi connectivity index (χ4n) is 1.01. The van der Waals surface area contributed by atoms with Crippen molar-refractivity contribution in [1.29, 1.82) is 0 Å². The predicted molar refractivity (Wildman–Crippen MR) is 40.7 cm³/mol. The highest BCUT2D eigenvalue weighted by atomic mass is 16.5. The van der Waals surface area contributed by atoms with Gasteiger partial charge in [-0.15, -0.1) is 0 Å². The standard InChI is InChI=1S/C7H14N2O2/c8-6(7(9)10)2-1-5-3-11-4-5/h5-6H,1-4,8H2,(H2,9,10). The van der Waals surface area contributed by atoms with Gasteiger partial charge < -0.3 is 16.2 Å². The van der Waals surface area contributed by atoms with Crippen molar-refractivity contribution >= 4 is 5.91 Å². The van der Waals surface area contributed by atoms with Crippen LogP contribution in [-0.4, -0.2) is 25.2 Å². The molecule has 1 atom stereocenters. The Morgan fingerprint density at radius 3 is 2.64 bits per heavy atom. The van der Waals surface area contributed by atoms with Gasteiger partial charge in [0.25, 0.3) is 0 Å². The molecule has 4 heteroatoms. The molecule has 4 nitrogen and oxygen atoms in total. The lowest BCUT2D eigenvalue weighted by atomic mass is 9.99. The second-order valence-electron chi connectivity index (χ2n) is 2.99. The van der Waals surface area contributed by atoms with E-state index in [1.165, 1.54) is 0 Å². The minimum atomic E-state index is -0.476. The van der Waals surface area contributed by atoms with Crippen LogP contribution in [0.15, 0.2) is 0 Å². The molecule has 1 fully saturated rings. The second kappa shape index (κ2) is 3.69. The van der Waals surface area contributed by atoms with Gasteiger partial charge in [0.15, 0.2) is 0 Å². The summed E-state index contributed by atoms with van der Waals surface area (Å²) >= 11 is 0. The zero-order chi connectivity index (χ0) is 8.27. The van der Waals surface area contributed by atoms with Crippen molar-refractivity contribution in [2.75, 3.05) is 13.2 Å². The van der Waals surface area contributed by atoms with E-state index < -0.39 is 11.9 Å². The highest BCUT2D eigenvalue weighted by Gasteiger charge is 2.20. The zero-order valence-electron chi connectivity index (χ0n) is 6.45. The van der Waals surface area contributed by atoms with Crippen LogP contribution in [0, 0.1) is 5.92 Å². The van der Waals surface area contributed by atoms with E-state index in [4.69, 9.17) is 16.2 Å². The molecule has 1 heterocycles. The molecule has 1 aliphatic rings. The summed E-state index contributed by atoms with van der Waals surface area (Å²) in [6.45, 7) is 1.62. The number of amides is 1. The Morgan fingerprint density at radius 1 is 1.64 bits per heavy atom. The molecule has 1 aliphatic heterocycles. The Morgan fingerprint density at radius 2 is 2.27 bits per heavy atom. The number of hydrogen-bond acceptors (Lipinski definition) is 3. The van der Waals surface area contributed by atoms with Gasteiger partial charge >= 0.3 is 0 Å². The molecule has 1 amide bonds. The van der Waals surface area contributed by atoms with Gasteiger partial charge in [-0.25, -0.2) is 0 Å². The molecule has 11 heavy (non-hydrogen) atoms. The first-order valence-corrected chi connectivity index (χ1v) is 3.83. The number of carbonyl (C=O) groups excluding carboxylic acids is 1. The smallest absolute Gasteiger partial charge is 0.234 e. The topological polar surface area (TPSA) is 78.3 Å². The van der Waals surface area contributed by atoms with Gasteiger partial charge in [-0.05, 0) is 12.8 Å². The first kappa shape index (κ1) is 8.49. The number of ether oxygens (including phenoxy) is 1. The van der Waals surface area contributed by atoms with E-state index in [1.54, 1.807) is 0 Å². The fraction of sp³-hybridized carbons (Fsp3) is 0.857. The predicted octanol–water partition coefficient (Wildman–Crippen LogP) is -0.774. The van der Waals surface area contributed by atoms with Gasteiger partial charge in [0.1, 0.15) is 0 Å². The monoisotopic (exact) mass is 158 g/mol. The largest absolute Gasteiger partial charge is 0.381 e. The van der Waals surface area contributed by atoms with E-state index in [0.29, 0.717) is 12.3 Å². The summed E-state index contributed by atoms with van der Waals surface area (Å²) in [4.78, 5) is 10.5. The van der Waals surface area contributed by atoms with Crippen LogP contribution in [0.1, 0.15) is 12.8 Å². The van der Waals surface area contributed by atoms with Crippen LogP contribution < -0.4 is 11.5 Å². The third kappa shape index (κ3) is 2.48. The van der Waals surface area contributed by atoms with Crippen molar-refractivity contribution in [2.24, 2.45) is 17.4 Å². The van der Waals surface area contributed by atoms with Gasteiger partial charge in [0, 0.05) is 5.92 Å². The molecule has 0 bridgehead atoms. The second-order valence-corrected chi connectivity index (χ2v) is 2.99. The van der Waals surface area contributed by atoms with Crippen LogP contribution >= 0.6 is 0 Å². The molecule has 0 aliphatic carbocycles. The Balaban J connectivity index is 2.05. The molecule has 0 spiro atoms. The van der Waals surface area contributed by atoms with Gasteiger partial charge in [-0.2, -0.15) is 0 Å². The summed E-state index contributed by atoms with van der Waals surface area (Å²) in [5.74, 6) is 0.186. The van der Waals surface area contributed by atoms with Gasteiger partial charge in [0.05, 0.1) is 19.3 Å². The molecule has 0 aromatic carbocycles. The zero-order valence-corrected chi connectivity index (χ0v) is 6.45. The summed E-state index contributed by atoms with van der Waals surface area (Å²) in [6.07, 6.45) is 1.63. The Labute approximate surface area is 65.9 Å². The van der Waals surface area contributed by atoms with Crippen molar-refractivity contribution in [1.82, 2.24) is 0 Å². The summed E-state index contributed by atoms with van der Waals surface area (Å²) in [5.41, 5.74) is 10.4. The molecular formula is C7H14N2O2. The SMILES string of the molecule is NC(=O)C(N)CCC1COC1. The molecule has 4 N–H and O–H groups in total. The normalized spacial score (nSPS) is 20.8. The molecule has 0 saturated carbocycles. The van der Waals surface area contributed by atoms with E-state index in [2.05, 4.69) is 0 Å². The number of rotatable bonds is 4. The minimum absolute atomic E-state index is 0.412. The first-order valence-electron chi connectivity index (χ1n) is 3.83. The molecule has 1 unspecified atom stereocenters. The summed E-state index contributed by atoms with van der Waals surface area (Å²) in [6, 6.07) is -0.476. The van der Waals surface area contributed by atoms with Crippen LogP contribution in [0.2, 0.25) is 0 Å². The molecule has 1 saturated heterocycles. The van der Waals surface area contributed by atoms with Crippen molar-refractivity contribution in [3.8, 4) is 0 Å². The number of carbonyl (C=O) groups is 1. The maximum absolute atomic E-state index is 10.5. The molecule has 0 aromatic rings. The summed E-state index contributed by atoms with van der Waals surface area (Å²) in [5, 5.41) is 0. The van der Waals surface area contributed by atoms with E-state index >= 15 is 0 Å². The van der Waals surface area contributed by atoms with E-state index in [9.17, 15) is 4.79 Å². The van der Waals surface area contributed by atoms with E-state index in [-0.39, 0.29) is 0 Å². The highest BCUT2D eigenvalue weighted by molar-refractivity contribution is 5.79. The lowest BCUT2D eigenvalue weighted by molar-refractivity contribution is -0.119. The number of nitrogens with two attached hydrogens (primary N) is 2. The van der Waals surface area contributed by atoms with Crippen molar-refractivity contribution in [3.05, 3.63) is 0 Å². The Kier molecular flexibility index (Phi) is 2.84. The first-order chi connectivity index (χ1) is 5.20. The van der Waals surface area contributed by atoms with Crippen molar-refractivity contribution in [2.45, 2.75) is 18.9 Å². The van der Waals surface area contributed by atoms with Crippen molar-refractivity contribution in [3.63, 3.8) is 0 Å². The van der Waals surface area contributed by atoms with Crippen molar-refractivity contribution < 1.29 is 9.53 Å². The molecular weight excluding hydrogens is 144 g/mol. The highest BCUT2D eigenvalue weighted by Crippen LogP contribution is 2.16. The molecule has 0 aromatic heterocycles. The maximum atomic E-state index is 10.5. The van der Waals surface area contributed by atoms with Crippen LogP contribution in [0.25, 0.3) is 0 Å². The van der Waals surface area contributed by atoms with Gasteiger partial charge in [-0.3, -0.25) is 4.79 Å². The van der Waals surface area contributed by atoms with Gasteiger partial charge in [0.2, 0.25) is 5.91 Å². The van der Waals surface area contributed by atoms with Crippen LogP contribution in [0.5, 0.6) is 0 Å². The fourth-order valence-corrected chi connectivity index (χ4v) is 1.01. The van der Waals surface area contributed by atoms with Gasteiger partial charge in [-0.1, -0.05) is 0 Å². The summed E-state index contributed by atoms with van der Waals surface area (Å²) in [7, 11) is 0. The van der Waals surface area contributed by atoms with Crippen LogP contribution in [0.4, 0.5) is 0 Å². The molecule has 64 valence electrons. The number of primary amides is 1. The quantitative estimate of drug-likeness (QED) is 0.563. The maximum Gasteiger partial charge on any atom is 0.234 e. The van der Waals surface area contributed by atoms with E-state index in [0.717, 1.165) is 19.6 Å². The average Bonchev–Trinajstić information content (AvgIpc) is 1.83.